The second kappa shape index (κ2) is 6.39. The van der Waals surface area contributed by atoms with Gasteiger partial charge in [-0.05, 0) is 30.3 Å². The largest absolute Gasteiger partial charge is 0.351 e. The second-order valence-electron chi connectivity index (χ2n) is 6.47. The maximum Gasteiger partial charge on any atom is 0.264 e. The molecular formula is C14H22ClN3OS. The smallest absolute Gasteiger partial charge is 0.264 e. The Morgan fingerprint density at radius 3 is 2.75 bits per heavy atom. The second-order valence-corrected chi connectivity index (χ2v) is 7.79. The Morgan fingerprint density at radius 2 is 2.10 bits per heavy atom. The minimum atomic E-state index is -0.167. The molecule has 4 nitrogen and oxygen atoms in total. The van der Waals surface area contributed by atoms with E-state index in [1.807, 2.05) is 20.8 Å². The molecule has 20 heavy (non-hydrogen) atoms. The van der Waals surface area contributed by atoms with Crippen molar-refractivity contribution in [3.05, 3.63) is 10.6 Å². The fourth-order valence-electron chi connectivity index (χ4n) is 2.53. The molecule has 112 valence electrons. The Labute approximate surface area is 129 Å². The van der Waals surface area contributed by atoms with Gasteiger partial charge in [-0.15, -0.1) is 16.7 Å². The Bertz CT molecular complexity index is 469. The molecule has 1 aromatic rings. The first-order valence-electron chi connectivity index (χ1n) is 7.14. The highest BCUT2D eigenvalue weighted by atomic mass is 35.5. The summed E-state index contributed by atoms with van der Waals surface area (Å²) >= 11 is 7.49. The van der Waals surface area contributed by atoms with Crippen molar-refractivity contribution in [3.63, 3.8) is 0 Å². The molecule has 1 aliphatic carbocycles. The number of rotatable bonds is 3. The number of alkyl halides is 1. The number of hydrogen-bond donors (Lipinski definition) is 1. The summed E-state index contributed by atoms with van der Waals surface area (Å²) in [6, 6.07) is 0. The normalized spacial score (nSPS) is 23.6. The van der Waals surface area contributed by atoms with E-state index in [1.54, 1.807) is 0 Å². The Morgan fingerprint density at radius 1 is 1.40 bits per heavy atom. The van der Waals surface area contributed by atoms with E-state index in [4.69, 9.17) is 11.6 Å². The van der Waals surface area contributed by atoms with Gasteiger partial charge in [0.25, 0.3) is 5.91 Å². The molecule has 0 bridgehead atoms. The molecule has 1 fully saturated rings. The third-order valence-corrected chi connectivity index (χ3v) is 5.04. The van der Waals surface area contributed by atoms with Crippen molar-refractivity contribution in [2.45, 2.75) is 57.2 Å². The Hall–Kier alpha value is -0.680. The number of halogens is 1. The standard InChI is InChI=1S/C14H22ClN3OS/c1-14(2,3)12-11(20-18-17-12)13(19)16-8-9-6-4-5-7-10(9)15/h9-10H,4-8H2,1-3H3,(H,16,19). The third kappa shape index (κ3) is 3.70. The van der Waals surface area contributed by atoms with Crippen molar-refractivity contribution in [3.8, 4) is 0 Å². The van der Waals surface area contributed by atoms with Crippen molar-refractivity contribution in [1.82, 2.24) is 14.9 Å². The van der Waals surface area contributed by atoms with Crippen LogP contribution in [0.15, 0.2) is 0 Å². The number of carbonyl (C=O) groups is 1. The SMILES string of the molecule is CC(C)(C)c1nnsc1C(=O)NCC1CCCCC1Cl. The molecule has 2 atom stereocenters. The first kappa shape index (κ1) is 15.7. The van der Waals surface area contributed by atoms with Gasteiger partial charge in [-0.3, -0.25) is 4.79 Å². The molecule has 1 heterocycles. The van der Waals surface area contributed by atoms with E-state index < -0.39 is 0 Å². The summed E-state index contributed by atoms with van der Waals surface area (Å²) in [5.41, 5.74) is 0.602. The van der Waals surface area contributed by atoms with Crippen LogP contribution in [-0.2, 0) is 5.41 Å². The number of amides is 1. The molecule has 0 aromatic carbocycles. The highest BCUT2D eigenvalue weighted by Crippen LogP contribution is 2.29. The first-order valence-corrected chi connectivity index (χ1v) is 8.35. The highest BCUT2D eigenvalue weighted by Gasteiger charge is 2.28. The lowest BCUT2D eigenvalue weighted by Gasteiger charge is -2.27. The molecule has 1 aliphatic rings. The number of nitrogens with one attached hydrogen (secondary N) is 1. The number of carbonyl (C=O) groups excluding carboxylic acids is 1. The van der Waals surface area contributed by atoms with Gasteiger partial charge >= 0.3 is 0 Å². The summed E-state index contributed by atoms with van der Waals surface area (Å²) < 4.78 is 3.92. The summed E-state index contributed by atoms with van der Waals surface area (Å²) in [6.45, 7) is 6.76. The molecule has 0 saturated heterocycles. The van der Waals surface area contributed by atoms with Crippen LogP contribution in [0.4, 0.5) is 0 Å². The fraction of sp³-hybridized carbons (Fsp3) is 0.786. The lowest BCUT2D eigenvalue weighted by atomic mass is 9.88. The predicted octanol–water partition coefficient (Wildman–Crippen LogP) is 3.36. The van der Waals surface area contributed by atoms with Gasteiger partial charge in [-0.25, -0.2) is 0 Å². The number of aromatic nitrogens is 2. The quantitative estimate of drug-likeness (QED) is 0.870. The highest BCUT2D eigenvalue weighted by molar-refractivity contribution is 7.08. The van der Waals surface area contributed by atoms with Gasteiger partial charge in [0.2, 0.25) is 0 Å². The average molecular weight is 316 g/mol. The summed E-state index contributed by atoms with van der Waals surface area (Å²) in [7, 11) is 0. The Balaban J connectivity index is 1.97. The van der Waals surface area contributed by atoms with Crippen LogP contribution in [0.3, 0.4) is 0 Å². The zero-order chi connectivity index (χ0) is 14.8. The van der Waals surface area contributed by atoms with E-state index in [-0.39, 0.29) is 16.7 Å². The lowest BCUT2D eigenvalue weighted by molar-refractivity contribution is 0.0946. The van der Waals surface area contributed by atoms with Crippen molar-refractivity contribution in [1.29, 1.82) is 0 Å². The van der Waals surface area contributed by atoms with Crippen LogP contribution in [-0.4, -0.2) is 27.4 Å². The molecule has 0 spiro atoms. The van der Waals surface area contributed by atoms with Crippen LogP contribution in [0.5, 0.6) is 0 Å². The number of nitrogens with zero attached hydrogens (tertiary/aromatic N) is 2. The fourth-order valence-corrected chi connectivity index (χ4v) is 3.69. The minimum absolute atomic E-state index is 0.0700. The van der Waals surface area contributed by atoms with E-state index in [0.29, 0.717) is 17.3 Å². The molecule has 1 N–H and O–H groups in total. The lowest BCUT2D eigenvalue weighted by Crippen LogP contribution is -2.35. The van der Waals surface area contributed by atoms with Crippen LogP contribution in [0.25, 0.3) is 0 Å². The molecule has 2 rings (SSSR count). The molecule has 0 aliphatic heterocycles. The van der Waals surface area contributed by atoms with E-state index >= 15 is 0 Å². The van der Waals surface area contributed by atoms with Crippen LogP contribution in [0, 0.1) is 5.92 Å². The van der Waals surface area contributed by atoms with Gasteiger partial charge in [-0.2, -0.15) is 0 Å². The van der Waals surface area contributed by atoms with Gasteiger partial charge < -0.3 is 5.32 Å². The zero-order valence-electron chi connectivity index (χ0n) is 12.3. The monoisotopic (exact) mass is 315 g/mol. The molecule has 2 unspecified atom stereocenters. The predicted molar refractivity (Wildman–Crippen MR) is 82.5 cm³/mol. The minimum Gasteiger partial charge on any atom is -0.351 e. The van der Waals surface area contributed by atoms with E-state index in [9.17, 15) is 4.79 Å². The van der Waals surface area contributed by atoms with E-state index in [0.717, 1.165) is 18.5 Å². The molecular weight excluding hydrogens is 294 g/mol. The van der Waals surface area contributed by atoms with Gasteiger partial charge in [0.05, 0.1) is 5.69 Å². The molecule has 1 saturated carbocycles. The zero-order valence-corrected chi connectivity index (χ0v) is 13.9. The maximum absolute atomic E-state index is 12.3. The van der Waals surface area contributed by atoms with Crippen LogP contribution < -0.4 is 5.32 Å². The van der Waals surface area contributed by atoms with Gasteiger partial charge in [-0.1, -0.05) is 38.1 Å². The maximum atomic E-state index is 12.3. The van der Waals surface area contributed by atoms with Gasteiger partial charge in [0, 0.05) is 17.3 Å². The summed E-state index contributed by atoms with van der Waals surface area (Å²) in [5, 5.41) is 7.29. The molecule has 0 radical (unpaired) electrons. The first-order chi connectivity index (χ1) is 9.39. The van der Waals surface area contributed by atoms with Crippen molar-refractivity contribution in [2.75, 3.05) is 6.54 Å². The number of hydrogen-bond acceptors (Lipinski definition) is 4. The van der Waals surface area contributed by atoms with Gasteiger partial charge in [0.15, 0.2) is 0 Å². The third-order valence-electron chi connectivity index (χ3n) is 3.75. The van der Waals surface area contributed by atoms with Crippen LogP contribution >= 0.6 is 23.1 Å². The Kier molecular flexibility index (Phi) is 5.02. The molecule has 6 heteroatoms. The molecule has 1 amide bonds. The van der Waals surface area contributed by atoms with E-state index in [1.165, 1.54) is 24.4 Å². The van der Waals surface area contributed by atoms with Gasteiger partial charge in [0.1, 0.15) is 4.88 Å². The van der Waals surface area contributed by atoms with Crippen LogP contribution in [0.2, 0.25) is 0 Å². The van der Waals surface area contributed by atoms with Crippen LogP contribution in [0.1, 0.15) is 61.8 Å². The molecule has 1 aromatic heterocycles. The summed E-state index contributed by atoms with van der Waals surface area (Å²) in [6.07, 6.45) is 4.56. The average Bonchev–Trinajstić information content (AvgIpc) is 2.86. The van der Waals surface area contributed by atoms with Crippen molar-refractivity contribution >= 4 is 29.0 Å². The topological polar surface area (TPSA) is 54.9 Å². The van der Waals surface area contributed by atoms with Crippen molar-refractivity contribution in [2.24, 2.45) is 5.92 Å². The van der Waals surface area contributed by atoms with Crippen molar-refractivity contribution < 1.29 is 4.79 Å². The summed E-state index contributed by atoms with van der Waals surface area (Å²) in [5.74, 6) is 0.313. The summed E-state index contributed by atoms with van der Waals surface area (Å²) in [4.78, 5) is 12.9. The van der Waals surface area contributed by atoms with E-state index in [2.05, 4.69) is 14.9 Å².